The number of aliphatic hydroxyl groups is 1. The summed E-state index contributed by atoms with van der Waals surface area (Å²) in [5, 5.41) is 11.6. The van der Waals surface area contributed by atoms with Crippen LogP contribution in [0.4, 0.5) is 0 Å². The molecule has 0 aromatic rings. The lowest BCUT2D eigenvalue weighted by Crippen LogP contribution is -2.42. The van der Waals surface area contributed by atoms with Gasteiger partial charge in [-0.1, -0.05) is 6.92 Å². The second kappa shape index (κ2) is 5.19. The molecule has 76 valence electrons. The van der Waals surface area contributed by atoms with Gasteiger partial charge in [0, 0.05) is 6.61 Å². The van der Waals surface area contributed by atoms with E-state index in [9.17, 15) is 4.79 Å². The molecule has 13 heavy (non-hydrogen) atoms. The minimum atomic E-state index is -0.291. The molecule has 4 heteroatoms. The van der Waals surface area contributed by atoms with Crippen molar-refractivity contribution in [2.24, 2.45) is 0 Å². The molecule has 0 aliphatic carbocycles. The molecule has 0 aromatic carbocycles. The van der Waals surface area contributed by atoms with Gasteiger partial charge in [-0.25, -0.2) is 0 Å². The fourth-order valence-electron chi connectivity index (χ4n) is 1.36. The molecular formula is C9H17NO3. The van der Waals surface area contributed by atoms with Gasteiger partial charge >= 0.3 is 0 Å². The zero-order chi connectivity index (χ0) is 9.68. The highest BCUT2D eigenvalue weighted by molar-refractivity contribution is 5.81. The van der Waals surface area contributed by atoms with Crippen molar-refractivity contribution in [1.29, 1.82) is 0 Å². The summed E-state index contributed by atoms with van der Waals surface area (Å²) in [6, 6.07) is -0.128. The highest BCUT2D eigenvalue weighted by Crippen LogP contribution is 2.12. The van der Waals surface area contributed by atoms with Gasteiger partial charge in [-0.05, 0) is 19.3 Å². The Morgan fingerprint density at radius 3 is 3.00 bits per heavy atom. The van der Waals surface area contributed by atoms with E-state index in [2.05, 4.69) is 5.32 Å². The second-order valence-electron chi connectivity index (χ2n) is 3.30. The standard InChI is InChI=1S/C9H17NO3/c1-2-7(6-11)10-9(12)8-4-3-5-13-8/h7-8,11H,2-6H2,1H3,(H,10,12)/t7-,8-/m0/s1. The number of ether oxygens (including phenoxy) is 1. The number of aliphatic hydroxyl groups excluding tert-OH is 1. The van der Waals surface area contributed by atoms with Crippen LogP contribution in [0.15, 0.2) is 0 Å². The molecule has 1 aliphatic heterocycles. The molecule has 1 fully saturated rings. The summed E-state index contributed by atoms with van der Waals surface area (Å²) in [6.45, 7) is 2.60. The summed E-state index contributed by atoms with van der Waals surface area (Å²) < 4.78 is 5.21. The SMILES string of the molecule is CC[C@@H](CO)NC(=O)[C@@H]1CCCO1. The first kappa shape index (κ1) is 10.5. The van der Waals surface area contributed by atoms with Gasteiger partial charge in [-0.3, -0.25) is 4.79 Å². The van der Waals surface area contributed by atoms with Crippen molar-refractivity contribution in [3.05, 3.63) is 0 Å². The van der Waals surface area contributed by atoms with E-state index >= 15 is 0 Å². The first-order valence-electron chi connectivity index (χ1n) is 4.80. The highest BCUT2D eigenvalue weighted by atomic mass is 16.5. The summed E-state index contributed by atoms with van der Waals surface area (Å²) in [5.74, 6) is -0.0848. The zero-order valence-electron chi connectivity index (χ0n) is 7.95. The molecule has 0 radical (unpaired) electrons. The molecule has 1 saturated heterocycles. The van der Waals surface area contributed by atoms with E-state index in [1.54, 1.807) is 0 Å². The largest absolute Gasteiger partial charge is 0.394 e. The smallest absolute Gasteiger partial charge is 0.249 e. The van der Waals surface area contributed by atoms with Gasteiger partial charge < -0.3 is 15.2 Å². The molecular weight excluding hydrogens is 170 g/mol. The molecule has 0 unspecified atom stereocenters. The first-order chi connectivity index (χ1) is 6.27. The van der Waals surface area contributed by atoms with Crippen LogP contribution < -0.4 is 5.32 Å². The van der Waals surface area contributed by atoms with Gasteiger partial charge in [0.15, 0.2) is 0 Å². The van der Waals surface area contributed by atoms with Gasteiger partial charge in [0.1, 0.15) is 6.10 Å². The summed E-state index contributed by atoms with van der Waals surface area (Å²) in [6.07, 6.45) is 2.21. The third-order valence-corrected chi connectivity index (χ3v) is 2.28. The number of hydrogen-bond donors (Lipinski definition) is 2. The van der Waals surface area contributed by atoms with Crippen LogP contribution in [0, 0.1) is 0 Å². The fraction of sp³-hybridized carbons (Fsp3) is 0.889. The molecule has 1 aliphatic rings. The van der Waals surface area contributed by atoms with Crippen LogP contribution in [-0.4, -0.2) is 36.4 Å². The van der Waals surface area contributed by atoms with Gasteiger partial charge in [-0.15, -0.1) is 0 Å². The Kier molecular flexibility index (Phi) is 4.18. The molecule has 0 aromatic heterocycles. The van der Waals surface area contributed by atoms with Crippen LogP contribution in [-0.2, 0) is 9.53 Å². The Balaban J connectivity index is 2.30. The molecule has 1 heterocycles. The normalized spacial score (nSPS) is 24.3. The number of amides is 1. The maximum absolute atomic E-state index is 11.4. The van der Waals surface area contributed by atoms with Crippen LogP contribution in [0.25, 0.3) is 0 Å². The van der Waals surface area contributed by atoms with Crippen LogP contribution >= 0.6 is 0 Å². The molecule has 0 spiro atoms. The summed E-state index contributed by atoms with van der Waals surface area (Å²) in [7, 11) is 0. The lowest BCUT2D eigenvalue weighted by atomic mass is 10.2. The molecule has 1 amide bonds. The van der Waals surface area contributed by atoms with Crippen LogP contribution in [0.3, 0.4) is 0 Å². The topological polar surface area (TPSA) is 58.6 Å². The molecule has 4 nitrogen and oxygen atoms in total. The van der Waals surface area contributed by atoms with Crippen LogP contribution in [0.5, 0.6) is 0 Å². The van der Waals surface area contributed by atoms with Gasteiger partial charge in [0.2, 0.25) is 5.91 Å². The summed E-state index contributed by atoms with van der Waals surface area (Å²) in [4.78, 5) is 11.4. The Hall–Kier alpha value is -0.610. The summed E-state index contributed by atoms with van der Waals surface area (Å²) in [5.41, 5.74) is 0. The zero-order valence-corrected chi connectivity index (χ0v) is 7.95. The predicted molar refractivity (Wildman–Crippen MR) is 48.3 cm³/mol. The Morgan fingerprint density at radius 2 is 2.54 bits per heavy atom. The summed E-state index contributed by atoms with van der Waals surface area (Å²) >= 11 is 0. The van der Waals surface area contributed by atoms with Crippen molar-refractivity contribution in [2.75, 3.05) is 13.2 Å². The third-order valence-electron chi connectivity index (χ3n) is 2.28. The molecule has 0 saturated carbocycles. The van der Waals surface area contributed by atoms with Crippen molar-refractivity contribution in [2.45, 2.75) is 38.3 Å². The minimum absolute atomic E-state index is 0.00500. The molecule has 1 rings (SSSR count). The second-order valence-corrected chi connectivity index (χ2v) is 3.30. The Morgan fingerprint density at radius 1 is 1.77 bits per heavy atom. The van der Waals surface area contributed by atoms with E-state index < -0.39 is 0 Å². The van der Waals surface area contributed by atoms with Crippen molar-refractivity contribution in [3.63, 3.8) is 0 Å². The quantitative estimate of drug-likeness (QED) is 0.654. The van der Waals surface area contributed by atoms with E-state index in [4.69, 9.17) is 9.84 Å². The minimum Gasteiger partial charge on any atom is -0.394 e. The van der Waals surface area contributed by atoms with Crippen LogP contribution in [0.2, 0.25) is 0 Å². The molecule has 2 atom stereocenters. The third kappa shape index (κ3) is 2.97. The number of nitrogens with one attached hydrogen (secondary N) is 1. The number of rotatable bonds is 4. The maximum Gasteiger partial charge on any atom is 0.249 e. The van der Waals surface area contributed by atoms with Crippen LogP contribution in [0.1, 0.15) is 26.2 Å². The van der Waals surface area contributed by atoms with E-state index in [1.807, 2.05) is 6.92 Å². The fourth-order valence-corrected chi connectivity index (χ4v) is 1.36. The maximum atomic E-state index is 11.4. The average molecular weight is 187 g/mol. The van der Waals surface area contributed by atoms with E-state index in [0.717, 1.165) is 19.3 Å². The first-order valence-corrected chi connectivity index (χ1v) is 4.80. The van der Waals surface area contributed by atoms with Crippen molar-refractivity contribution in [1.82, 2.24) is 5.32 Å². The lowest BCUT2D eigenvalue weighted by Gasteiger charge is -2.16. The monoisotopic (exact) mass is 187 g/mol. The number of carbonyl (C=O) groups excluding carboxylic acids is 1. The van der Waals surface area contributed by atoms with Crippen molar-refractivity contribution < 1.29 is 14.6 Å². The lowest BCUT2D eigenvalue weighted by molar-refractivity contribution is -0.131. The number of hydrogen-bond acceptors (Lipinski definition) is 3. The Bertz CT molecular complexity index is 162. The highest BCUT2D eigenvalue weighted by Gasteiger charge is 2.24. The van der Waals surface area contributed by atoms with E-state index in [1.165, 1.54) is 0 Å². The average Bonchev–Trinajstić information content (AvgIpc) is 2.66. The van der Waals surface area contributed by atoms with E-state index in [-0.39, 0.29) is 24.7 Å². The van der Waals surface area contributed by atoms with Gasteiger partial charge in [0.25, 0.3) is 0 Å². The Labute approximate surface area is 78.3 Å². The molecule has 2 N–H and O–H groups in total. The number of carbonyl (C=O) groups is 1. The van der Waals surface area contributed by atoms with Crippen molar-refractivity contribution >= 4 is 5.91 Å². The van der Waals surface area contributed by atoms with Gasteiger partial charge in [-0.2, -0.15) is 0 Å². The van der Waals surface area contributed by atoms with E-state index in [0.29, 0.717) is 6.61 Å². The van der Waals surface area contributed by atoms with Gasteiger partial charge in [0.05, 0.1) is 12.6 Å². The van der Waals surface area contributed by atoms with Crippen molar-refractivity contribution in [3.8, 4) is 0 Å². The predicted octanol–water partition coefficient (Wildman–Crippen LogP) is 0.0525. The molecule has 0 bridgehead atoms.